The Morgan fingerprint density at radius 2 is 1.85 bits per heavy atom. The lowest BCUT2D eigenvalue weighted by Crippen LogP contribution is -2.48. The minimum atomic E-state index is -0.513. The van der Waals surface area contributed by atoms with Crippen molar-refractivity contribution in [2.45, 2.75) is 39.8 Å². The molecule has 0 bridgehead atoms. The highest BCUT2D eigenvalue weighted by Gasteiger charge is 2.38. The second-order valence-corrected chi connectivity index (χ2v) is 6.87. The molecule has 0 spiro atoms. The molecular weight excluding hydrogens is 340 g/mol. The van der Waals surface area contributed by atoms with Crippen molar-refractivity contribution in [1.29, 1.82) is 0 Å². The smallest absolute Gasteiger partial charge is 0.255 e. The van der Waals surface area contributed by atoms with Crippen LogP contribution >= 0.6 is 0 Å². The summed E-state index contributed by atoms with van der Waals surface area (Å²) in [5, 5.41) is 2.96. The van der Waals surface area contributed by atoms with Crippen LogP contribution in [0.5, 0.6) is 5.75 Å². The molecule has 5 nitrogen and oxygen atoms in total. The number of amides is 2. The monoisotopic (exact) mass is 366 g/mol. The van der Waals surface area contributed by atoms with E-state index >= 15 is 0 Å². The number of hydrogen-bond acceptors (Lipinski definition) is 3. The predicted molar refractivity (Wildman–Crippen MR) is 106 cm³/mol. The fourth-order valence-electron chi connectivity index (χ4n) is 3.45. The van der Waals surface area contributed by atoms with Gasteiger partial charge in [-0.2, -0.15) is 0 Å². The summed E-state index contributed by atoms with van der Waals surface area (Å²) in [6.45, 7) is 7.05. The Balaban J connectivity index is 1.79. The van der Waals surface area contributed by atoms with Crippen molar-refractivity contribution in [2.75, 3.05) is 11.9 Å². The van der Waals surface area contributed by atoms with E-state index in [1.54, 1.807) is 4.90 Å². The van der Waals surface area contributed by atoms with Gasteiger partial charge in [0.15, 0.2) is 0 Å². The Bertz CT molecular complexity index is 817. The standard InChI is InChI=1S/C22H26N2O3/c1-4-15(3)20(24-14-16-8-6-7-9-19(16)22(24)26)21(25)23-17-10-12-18(13-11-17)27-5-2/h6-13,15,20H,4-5,14H2,1-3H3,(H,23,25)/t15-,20-/m0/s1. The van der Waals surface area contributed by atoms with Crippen LogP contribution in [0.25, 0.3) is 0 Å². The van der Waals surface area contributed by atoms with Crippen molar-refractivity contribution >= 4 is 17.5 Å². The lowest BCUT2D eigenvalue weighted by atomic mass is 9.96. The van der Waals surface area contributed by atoms with Gasteiger partial charge in [-0.25, -0.2) is 0 Å². The fraction of sp³-hybridized carbons (Fsp3) is 0.364. The van der Waals surface area contributed by atoms with E-state index in [1.807, 2.05) is 69.3 Å². The maximum Gasteiger partial charge on any atom is 0.255 e. The van der Waals surface area contributed by atoms with Gasteiger partial charge in [-0.3, -0.25) is 9.59 Å². The molecule has 1 N–H and O–H groups in total. The Hall–Kier alpha value is -2.82. The molecule has 1 heterocycles. The quantitative estimate of drug-likeness (QED) is 0.803. The number of benzene rings is 2. The van der Waals surface area contributed by atoms with E-state index in [0.717, 1.165) is 17.7 Å². The molecule has 2 aromatic rings. The molecule has 1 aliphatic heterocycles. The highest BCUT2D eigenvalue weighted by Crippen LogP contribution is 2.29. The van der Waals surface area contributed by atoms with Crippen LogP contribution in [0.15, 0.2) is 48.5 Å². The molecule has 0 aliphatic carbocycles. The number of carbonyl (C=O) groups excluding carboxylic acids is 2. The van der Waals surface area contributed by atoms with Gasteiger partial charge in [-0.1, -0.05) is 38.5 Å². The molecule has 2 aromatic carbocycles. The minimum absolute atomic E-state index is 0.0472. The van der Waals surface area contributed by atoms with Crippen molar-refractivity contribution in [1.82, 2.24) is 4.90 Å². The van der Waals surface area contributed by atoms with Crippen molar-refractivity contribution in [3.8, 4) is 5.75 Å². The fourth-order valence-corrected chi connectivity index (χ4v) is 3.45. The molecule has 5 heteroatoms. The van der Waals surface area contributed by atoms with Gasteiger partial charge in [-0.15, -0.1) is 0 Å². The first-order valence-corrected chi connectivity index (χ1v) is 9.47. The van der Waals surface area contributed by atoms with Gasteiger partial charge >= 0.3 is 0 Å². The number of nitrogens with zero attached hydrogens (tertiary/aromatic N) is 1. The van der Waals surface area contributed by atoms with E-state index in [9.17, 15) is 9.59 Å². The van der Waals surface area contributed by atoms with Crippen molar-refractivity contribution in [3.63, 3.8) is 0 Å². The topological polar surface area (TPSA) is 58.6 Å². The summed E-state index contributed by atoms with van der Waals surface area (Å²) < 4.78 is 5.43. The lowest BCUT2D eigenvalue weighted by Gasteiger charge is -2.31. The van der Waals surface area contributed by atoms with Gasteiger partial charge in [0.2, 0.25) is 5.91 Å². The van der Waals surface area contributed by atoms with E-state index in [4.69, 9.17) is 4.74 Å². The Morgan fingerprint density at radius 1 is 1.15 bits per heavy atom. The highest BCUT2D eigenvalue weighted by molar-refractivity contribution is 6.03. The number of ether oxygens (including phenoxy) is 1. The Labute approximate surface area is 160 Å². The number of hydrogen-bond donors (Lipinski definition) is 1. The summed E-state index contributed by atoms with van der Waals surface area (Å²) in [7, 11) is 0. The molecule has 2 amide bonds. The zero-order valence-electron chi connectivity index (χ0n) is 16.1. The molecule has 27 heavy (non-hydrogen) atoms. The summed E-state index contributed by atoms with van der Waals surface area (Å²) in [4.78, 5) is 27.6. The van der Waals surface area contributed by atoms with E-state index in [1.165, 1.54) is 0 Å². The first-order chi connectivity index (χ1) is 13.0. The second kappa shape index (κ2) is 8.25. The third-order valence-electron chi connectivity index (χ3n) is 5.07. The van der Waals surface area contributed by atoms with Crippen molar-refractivity contribution < 1.29 is 14.3 Å². The van der Waals surface area contributed by atoms with E-state index < -0.39 is 6.04 Å². The van der Waals surface area contributed by atoms with Crippen LogP contribution in [0.1, 0.15) is 43.1 Å². The third-order valence-corrected chi connectivity index (χ3v) is 5.07. The van der Waals surface area contributed by atoms with Crippen LogP contribution in [0.2, 0.25) is 0 Å². The molecule has 0 saturated heterocycles. The molecule has 0 saturated carbocycles. The van der Waals surface area contributed by atoms with Gasteiger partial charge in [0.05, 0.1) is 6.61 Å². The summed E-state index contributed by atoms with van der Waals surface area (Å²) in [6, 6.07) is 14.3. The zero-order chi connectivity index (χ0) is 19.4. The normalized spacial score (nSPS) is 15.2. The van der Waals surface area contributed by atoms with Crippen LogP contribution in [-0.2, 0) is 11.3 Å². The maximum atomic E-state index is 13.1. The SMILES string of the molecule is CCOc1ccc(NC(=O)[C@H]([C@@H](C)CC)N2Cc3ccccc3C2=O)cc1. The highest BCUT2D eigenvalue weighted by atomic mass is 16.5. The number of anilines is 1. The second-order valence-electron chi connectivity index (χ2n) is 6.87. The number of nitrogens with one attached hydrogen (secondary N) is 1. The third kappa shape index (κ3) is 3.97. The maximum absolute atomic E-state index is 13.1. The predicted octanol–water partition coefficient (Wildman–Crippen LogP) is 4.09. The van der Waals surface area contributed by atoms with Gasteiger partial charge < -0.3 is 15.0 Å². The van der Waals surface area contributed by atoms with E-state index in [2.05, 4.69) is 5.32 Å². The first-order valence-electron chi connectivity index (χ1n) is 9.47. The average molecular weight is 366 g/mol. The summed E-state index contributed by atoms with van der Waals surface area (Å²) in [5.74, 6) is 0.581. The van der Waals surface area contributed by atoms with E-state index in [0.29, 0.717) is 24.4 Å². The largest absolute Gasteiger partial charge is 0.494 e. The van der Waals surface area contributed by atoms with Gasteiger partial charge in [-0.05, 0) is 48.7 Å². The molecule has 2 atom stereocenters. The van der Waals surface area contributed by atoms with Crippen LogP contribution in [-0.4, -0.2) is 29.4 Å². The van der Waals surface area contributed by atoms with Gasteiger partial charge in [0.1, 0.15) is 11.8 Å². The van der Waals surface area contributed by atoms with Crippen LogP contribution in [0.4, 0.5) is 5.69 Å². The van der Waals surface area contributed by atoms with Crippen molar-refractivity contribution in [3.05, 3.63) is 59.7 Å². The Kier molecular flexibility index (Phi) is 5.79. The number of rotatable bonds is 7. The van der Waals surface area contributed by atoms with Gasteiger partial charge in [0.25, 0.3) is 5.91 Å². The molecule has 0 radical (unpaired) electrons. The van der Waals surface area contributed by atoms with Crippen LogP contribution < -0.4 is 10.1 Å². The Morgan fingerprint density at radius 3 is 2.48 bits per heavy atom. The molecular formula is C22H26N2O3. The number of carbonyl (C=O) groups is 2. The lowest BCUT2D eigenvalue weighted by molar-refractivity contribution is -0.122. The number of fused-ring (bicyclic) bond motifs is 1. The van der Waals surface area contributed by atoms with Crippen LogP contribution in [0, 0.1) is 5.92 Å². The summed E-state index contributed by atoms with van der Waals surface area (Å²) in [6.07, 6.45) is 0.807. The molecule has 0 unspecified atom stereocenters. The summed E-state index contributed by atoms with van der Waals surface area (Å²) >= 11 is 0. The first kappa shape index (κ1) is 19.0. The van der Waals surface area contributed by atoms with Gasteiger partial charge in [0, 0.05) is 17.8 Å². The van der Waals surface area contributed by atoms with Crippen molar-refractivity contribution in [2.24, 2.45) is 5.92 Å². The molecule has 142 valence electrons. The van der Waals surface area contributed by atoms with Crippen LogP contribution in [0.3, 0.4) is 0 Å². The average Bonchev–Trinajstić information content (AvgIpc) is 3.00. The molecule has 0 aromatic heterocycles. The minimum Gasteiger partial charge on any atom is -0.494 e. The summed E-state index contributed by atoms with van der Waals surface area (Å²) in [5.41, 5.74) is 2.37. The molecule has 0 fully saturated rings. The van der Waals surface area contributed by atoms with E-state index in [-0.39, 0.29) is 17.7 Å². The molecule has 3 rings (SSSR count). The molecule has 1 aliphatic rings. The zero-order valence-corrected chi connectivity index (χ0v) is 16.1.